The molecule has 3 N–H and O–H groups in total. The van der Waals surface area contributed by atoms with Gasteiger partial charge in [-0.15, -0.1) is 0 Å². The molecule has 2 aromatic rings. The number of benzene rings is 1. The van der Waals surface area contributed by atoms with Crippen molar-refractivity contribution in [3.63, 3.8) is 0 Å². The topological polar surface area (TPSA) is 50.9 Å². The SMILES string of the molecule is Cc1cnc(C(Cc2ccc(F)cc2C)NN)c(C)c1. The van der Waals surface area contributed by atoms with Crippen molar-refractivity contribution in [2.75, 3.05) is 0 Å². The zero-order valence-electron chi connectivity index (χ0n) is 12.1. The summed E-state index contributed by atoms with van der Waals surface area (Å²) in [6.07, 6.45) is 2.52. The van der Waals surface area contributed by atoms with E-state index in [0.717, 1.165) is 27.9 Å². The maximum Gasteiger partial charge on any atom is 0.123 e. The first-order chi connectivity index (χ1) is 9.51. The Balaban J connectivity index is 2.28. The van der Waals surface area contributed by atoms with Gasteiger partial charge in [-0.25, -0.2) is 4.39 Å². The van der Waals surface area contributed by atoms with Crippen LogP contribution in [-0.4, -0.2) is 4.98 Å². The molecule has 1 heterocycles. The van der Waals surface area contributed by atoms with E-state index in [1.807, 2.05) is 27.0 Å². The lowest BCUT2D eigenvalue weighted by Gasteiger charge is -2.19. The van der Waals surface area contributed by atoms with E-state index in [-0.39, 0.29) is 11.9 Å². The number of nitrogens with zero attached hydrogens (tertiary/aromatic N) is 1. The lowest BCUT2D eigenvalue weighted by molar-refractivity contribution is 0.533. The molecule has 0 radical (unpaired) electrons. The maximum atomic E-state index is 13.1. The minimum Gasteiger partial charge on any atom is -0.271 e. The molecular weight excluding hydrogens is 253 g/mol. The summed E-state index contributed by atoms with van der Waals surface area (Å²) < 4.78 is 13.1. The van der Waals surface area contributed by atoms with Crippen LogP contribution in [0.5, 0.6) is 0 Å². The molecule has 0 spiro atoms. The molecule has 106 valence electrons. The first-order valence-corrected chi connectivity index (χ1v) is 6.65. The van der Waals surface area contributed by atoms with Crippen LogP contribution in [0.25, 0.3) is 0 Å². The fraction of sp³-hybridized carbons (Fsp3) is 0.312. The van der Waals surface area contributed by atoms with Gasteiger partial charge in [-0.3, -0.25) is 16.3 Å². The van der Waals surface area contributed by atoms with Gasteiger partial charge in [0.1, 0.15) is 5.82 Å². The summed E-state index contributed by atoms with van der Waals surface area (Å²) in [5, 5.41) is 0. The molecule has 1 aromatic heterocycles. The van der Waals surface area contributed by atoms with Crippen molar-refractivity contribution in [1.29, 1.82) is 0 Å². The van der Waals surface area contributed by atoms with Gasteiger partial charge in [-0.2, -0.15) is 0 Å². The van der Waals surface area contributed by atoms with Crippen LogP contribution in [0.4, 0.5) is 4.39 Å². The molecule has 1 atom stereocenters. The minimum atomic E-state index is -0.215. The monoisotopic (exact) mass is 273 g/mol. The van der Waals surface area contributed by atoms with Crippen LogP contribution >= 0.6 is 0 Å². The Kier molecular flexibility index (Phi) is 4.47. The van der Waals surface area contributed by atoms with E-state index >= 15 is 0 Å². The lowest BCUT2D eigenvalue weighted by Crippen LogP contribution is -2.31. The highest BCUT2D eigenvalue weighted by atomic mass is 19.1. The molecule has 0 aliphatic carbocycles. The third-order valence-corrected chi connectivity index (χ3v) is 3.52. The van der Waals surface area contributed by atoms with E-state index < -0.39 is 0 Å². The molecule has 0 fully saturated rings. The largest absolute Gasteiger partial charge is 0.271 e. The molecule has 0 aliphatic rings. The Labute approximate surface area is 119 Å². The molecule has 1 aromatic carbocycles. The molecule has 0 aliphatic heterocycles. The van der Waals surface area contributed by atoms with Crippen LogP contribution in [0, 0.1) is 26.6 Å². The Hall–Kier alpha value is -1.78. The molecule has 2 rings (SSSR count). The van der Waals surface area contributed by atoms with Crippen LogP contribution in [0.2, 0.25) is 0 Å². The first kappa shape index (κ1) is 14.6. The van der Waals surface area contributed by atoms with Crippen LogP contribution in [0.1, 0.15) is 34.0 Å². The molecule has 0 bridgehead atoms. The summed E-state index contributed by atoms with van der Waals surface area (Å²) in [6, 6.07) is 6.83. The number of nitrogens with two attached hydrogens (primary N) is 1. The standard InChI is InChI=1S/C16H20FN3/c1-10-6-12(3)16(19-9-10)15(20-18)8-13-4-5-14(17)7-11(13)2/h4-7,9,15,20H,8,18H2,1-3H3. The molecule has 20 heavy (non-hydrogen) atoms. The molecule has 0 saturated heterocycles. The van der Waals surface area contributed by atoms with Crippen LogP contribution in [-0.2, 0) is 6.42 Å². The lowest BCUT2D eigenvalue weighted by atomic mass is 9.97. The van der Waals surface area contributed by atoms with Crippen molar-refractivity contribution in [1.82, 2.24) is 10.4 Å². The number of hydrogen-bond acceptors (Lipinski definition) is 3. The number of halogens is 1. The molecule has 3 nitrogen and oxygen atoms in total. The first-order valence-electron chi connectivity index (χ1n) is 6.65. The van der Waals surface area contributed by atoms with Gasteiger partial charge in [0.15, 0.2) is 0 Å². The summed E-state index contributed by atoms with van der Waals surface area (Å²) in [7, 11) is 0. The number of hydrogen-bond donors (Lipinski definition) is 2. The Morgan fingerprint density at radius 1 is 1.20 bits per heavy atom. The van der Waals surface area contributed by atoms with Gasteiger partial charge in [0.05, 0.1) is 11.7 Å². The quantitative estimate of drug-likeness (QED) is 0.665. The van der Waals surface area contributed by atoms with Crippen molar-refractivity contribution in [3.05, 3.63) is 64.2 Å². The van der Waals surface area contributed by atoms with Crippen molar-refractivity contribution in [2.45, 2.75) is 33.2 Å². The Morgan fingerprint density at radius 3 is 2.55 bits per heavy atom. The molecule has 0 amide bonds. The summed E-state index contributed by atoms with van der Waals surface area (Å²) in [5.74, 6) is 5.46. The van der Waals surface area contributed by atoms with Crippen LogP contribution in [0.3, 0.4) is 0 Å². The van der Waals surface area contributed by atoms with E-state index in [2.05, 4.69) is 16.5 Å². The zero-order chi connectivity index (χ0) is 14.7. The fourth-order valence-corrected chi connectivity index (χ4v) is 2.43. The highest BCUT2D eigenvalue weighted by molar-refractivity contribution is 5.31. The number of rotatable bonds is 4. The van der Waals surface area contributed by atoms with Gasteiger partial charge in [0, 0.05) is 6.20 Å². The number of aromatic nitrogens is 1. The maximum absolute atomic E-state index is 13.1. The van der Waals surface area contributed by atoms with Crippen LogP contribution in [0.15, 0.2) is 30.5 Å². The zero-order valence-corrected chi connectivity index (χ0v) is 12.1. The second-order valence-corrected chi connectivity index (χ2v) is 5.21. The summed E-state index contributed by atoms with van der Waals surface area (Å²) in [5.41, 5.74) is 7.97. The predicted molar refractivity (Wildman–Crippen MR) is 78.6 cm³/mol. The summed E-state index contributed by atoms with van der Waals surface area (Å²) in [6.45, 7) is 5.94. The number of aryl methyl sites for hydroxylation is 3. The highest BCUT2D eigenvalue weighted by Gasteiger charge is 2.16. The fourth-order valence-electron chi connectivity index (χ4n) is 2.43. The van der Waals surface area contributed by atoms with Crippen molar-refractivity contribution in [3.8, 4) is 0 Å². The third kappa shape index (κ3) is 3.21. The average molecular weight is 273 g/mol. The number of hydrazine groups is 1. The van der Waals surface area contributed by atoms with Gasteiger partial charge in [-0.1, -0.05) is 12.1 Å². The van der Waals surface area contributed by atoms with E-state index in [1.54, 1.807) is 12.1 Å². The second-order valence-electron chi connectivity index (χ2n) is 5.21. The van der Waals surface area contributed by atoms with Crippen LogP contribution < -0.4 is 11.3 Å². The summed E-state index contributed by atoms with van der Waals surface area (Å²) in [4.78, 5) is 4.48. The van der Waals surface area contributed by atoms with Gasteiger partial charge in [-0.05, 0) is 61.6 Å². The Morgan fingerprint density at radius 2 is 1.95 bits per heavy atom. The van der Waals surface area contributed by atoms with E-state index in [9.17, 15) is 4.39 Å². The van der Waals surface area contributed by atoms with E-state index in [1.165, 1.54) is 6.07 Å². The molecule has 1 unspecified atom stereocenters. The smallest absolute Gasteiger partial charge is 0.123 e. The Bertz CT molecular complexity index is 611. The average Bonchev–Trinajstić information content (AvgIpc) is 2.39. The number of nitrogens with one attached hydrogen (secondary N) is 1. The normalized spacial score (nSPS) is 12.4. The third-order valence-electron chi connectivity index (χ3n) is 3.52. The van der Waals surface area contributed by atoms with E-state index in [0.29, 0.717) is 6.42 Å². The second kappa shape index (κ2) is 6.11. The van der Waals surface area contributed by atoms with E-state index in [4.69, 9.17) is 5.84 Å². The van der Waals surface area contributed by atoms with Crippen molar-refractivity contribution < 1.29 is 4.39 Å². The predicted octanol–water partition coefficient (Wildman–Crippen LogP) is 2.89. The van der Waals surface area contributed by atoms with Crippen molar-refractivity contribution in [2.24, 2.45) is 5.84 Å². The van der Waals surface area contributed by atoms with Crippen molar-refractivity contribution >= 4 is 0 Å². The minimum absolute atomic E-state index is 0.0836. The summed E-state index contributed by atoms with van der Waals surface area (Å²) >= 11 is 0. The van der Waals surface area contributed by atoms with Gasteiger partial charge in [0.2, 0.25) is 0 Å². The molecular formula is C16H20FN3. The highest BCUT2D eigenvalue weighted by Crippen LogP contribution is 2.22. The molecule has 4 heteroatoms. The van der Waals surface area contributed by atoms with Gasteiger partial charge in [0.25, 0.3) is 0 Å². The van der Waals surface area contributed by atoms with Gasteiger partial charge < -0.3 is 0 Å². The number of pyridine rings is 1. The molecule has 0 saturated carbocycles. The van der Waals surface area contributed by atoms with Gasteiger partial charge >= 0.3 is 0 Å².